The first-order valence-electron chi connectivity index (χ1n) is 10.3. The molecule has 0 aliphatic heterocycles. The van der Waals surface area contributed by atoms with Crippen LogP contribution in [0.5, 0.6) is 5.75 Å². The van der Waals surface area contributed by atoms with Crippen LogP contribution in [0, 0.1) is 6.92 Å². The van der Waals surface area contributed by atoms with Crippen LogP contribution in [-0.4, -0.2) is 33.0 Å². The fourth-order valence-corrected chi connectivity index (χ4v) is 3.78. The second-order valence-electron chi connectivity index (χ2n) is 6.98. The quantitative estimate of drug-likeness (QED) is 0.359. The largest absolute Gasteiger partial charge is 0.494 e. The molecule has 1 aromatic heterocycles. The summed E-state index contributed by atoms with van der Waals surface area (Å²) in [6.45, 7) is 7.64. The maximum Gasteiger partial charge on any atom is 0.234 e. The number of anilines is 1. The van der Waals surface area contributed by atoms with Crippen molar-refractivity contribution in [3.8, 4) is 17.1 Å². The number of thioether (sulfide) groups is 1. The van der Waals surface area contributed by atoms with E-state index in [1.807, 2.05) is 66.9 Å². The van der Waals surface area contributed by atoms with Crippen molar-refractivity contribution in [3.05, 3.63) is 54.1 Å². The first-order valence-corrected chi connectivity index (χ1v) is 11.2. The second kappa shape index (κ2) is 10.8. The molecule has 6 nitrogen and oxygen atoms in total. The van der Waals surface area contributed by atoms with Gasteiger partial charge in [-0.2, -0.15) is 0 Å². The predicted molar refractivity (Wildman–Crippen MR) is 122 cm³/mol. The summed E-state index contributed by atoms with van der Waals surface area (Å²) < 4.78 is 7.75. The molecular formula is C23H28N4O2S. The van der Waals surface area contributed by atoms with Crippen molar-refractivity contribution in [3.63, 3.8) is 0 Å². The zero-order valence-electron chi connectivity index (χ0n) is 17.7. The number of aryl methyl sites for hydroxylation is 1. The van der Waals surface area contributed by atoms with Gasteiger partial charge in [0.1, 0.15) is 5.75 Å². The van der Waals surface area contributed by atoms with Crippen LogP contribution in [0.15, 0.2) is 53.7 Å². The van der Waals surface area contributed by atoms with E-state index >= 15 is 0 Å². The van der Waals surface area contributed by atoms with Gasteiger partial charge in [-0.15, -0.1) is 10.2 Å². The summed E-state index contributed by atoms with van der Waals surface area (Å²) in [6, 6.07) is 15.7. The average molecular weight is 425 g/mol. The highest BCUT2D eigenvalue weighted by Gasteiger charge is 2.15. The molecule has 0 atom stereocenters. The fraction of sp³-hybridized carbons (Fsp3) is 0.348. The molecule has 0 fully saturated rings. The zero-order valence-corrected chi connectivity index (χ0v) is 18.5. The van der Waals surface area contributed by atoms with Gasteiger partial charge in [-0.05, 0) is 62.2 Å². The van der Waals surface area contributed by atoms with E-state index in [-0.39, 0.29) is 11.7 Å². The topological polar surface area (TPSA) is 69.0 Å². The number of rotatable bonds is 10. The highest BCUT2D eigenvalue weighted by Crippen LogP contribution is 2.26. The van der Waals surface area contributed by atoms with Crippen molar-refractivity contribution >= 4 is 23.4 Å². The van der Waals surface area contributed by atoms with Crippen molar-refractivity contribution in [2.45, 2.75) is 45.3 Å². The third-order valence-electron chi connectivity index (χ3n) is 4.55. The average Bonchev–Trinajstić information content (AvgIpc) is 3.16. The monoisotopic (exact) mass is 424 g/mol. The molecule has 0 unspecified atom stereocenters. The molecule has 2 aromatic carbocycles. The Morgan fingerprint density at radius 1 is 1.13 bits per heavy atom. The van der Waals surface area contributed by atoms with Crippen LogP contribution in [0.4, 0.5) is 5.69 Å². The van der Waals surface area contributed by atoms with Gasteiger partial charge in [-0.3, -0.25) is 4.79 Å². The summed E-state index contributed by atoms with van der Waals surface area (Å²) in [5.74, 6) is 1.86. The van der Waals surface area contributed by atoms with E-state index in [9.17, 15) is 4.79 Å². The number of hydrogen-bond donors (Lipinski definition) is 1. The Kier molecular flexibility index (Phi) is 7.90. The van der Waals surface area contributed by atoms with E-state index in [0.717, 1.165) is 59.5 Å². The van der Waals surface area contributed by atoms with Crippen LogP contribution in [0.2, 0.25) is 0 Å². The Morgan fingerprint density at radius 2 is 1.93 bits per heavy atom. The molecule has 1 heterocycles. The van der Waals surface area contributed by atoms with Gasteiger partial charge in [0, 0.05) is 17.8 Å². The molecule has 0 aliphatic carbocycles. The predicted octanol–water partition coefficient (Wildman–Crippen LogP) is 5.18. The number of carbonyl (C=O) groups excluding carboxylic acids is 1. The Balaban J connectivity index is 1.63. The molecule has 0 saturated heterocycles. The minimum absolute atomic E-state index is 0.0635. The molecular weight excluding hydrogens is 396 g/mol. The Bertz CT molecular complexity index is 970. The molecule has 0 saturated carbocycles. The minimum atomic E-state index is -0.0635. The number of amides is 1. The standard InChI is InChI=1S/C23H28N4O2S/c1-4-6-14-29-20-12-10-18(11-13-20)22-25-26-23(27(22)5-2)30-16-21(28)24-19-9-7-8-17(3)15-19/h7-13,15H,4-6,14,16H2,1-3H3,(H,24,28). The van der Waals surface area contributed by atoms with Crippen molar-refractivity contribution in [2.75, 3.05) is 17.7 Å². The van der Waals surface area contributed by atoms with Crippen molar-refractivity contribution < 1.29 is 9.53 Å². The highest BCUT2D eigenvalue weighted by atomic mass is 32.2. The van der Waals surface area contributed by atoms with Gasteiger partial charge in [-0.25, -0.2) is 0 Å². The summed E-state index contributed by atoms with van der Waals surface area (Å²) in [4.78, 5) is 12.3. The first-order chi connectivity index (χ1) is 14.6. The molecule has 0 bridgehead atoms. The van der Waals surface area contributed by atoms with Crippen LogP contribution >= 0.6 is 11.8 Å². The molecule has 158 valence electrons. The third kappa shape index (κ3) is 5.86. The molecule has 0 aliphatic rings. The smallest absolute Gasteiger partial charge is 0.234 e. The lowest BCUT2D eigenvalue weighted by molar-refractivity contribution is -0.113. The van der Waals surface area contributed by atoms with E-state index in [0.29, 0.717) is 0 Å². The van der Waals surface area contributed by atoms with Crippen LogP contribution in [-0.2, 0) is 11.3 Å². The van der Waals surface area contributed by atoms with Gasteiger partial charge in [0.2, 0.25) is 5.91 Å². The van der Waals surface area contributed by atoms with Crippen molar-refractivity contribution in [1.82, 2.24) is 14.8 Å². The maximum atomic E-state index is 12.3. The van der Waals surface area contributed by atoms with Crippen LogP contribution in [0.3, 0.4) is 0 Å². The number of benzene rings is 2. The number of unbranched alkanes of at least 4 members (excludes halogenated alkanes) is 1. The van der Waals surface area contributed by atoms with Crippen LogP contribution < -0.4 is 10.1 Å². The lowest BCUT2D eigenvalue weighted by Crippen LogP contribution is -2.14. The molecule has 7 heteroatoms. The van der Waals surface area contributed by atoms with Gasteiger partial charge < -0.3 is 14.6 Å². The molecule has 0 spiro atoms. The molecule has 1 amide bonds. The number of carbonyl (C=O) groups is 1. The zero-order chi connectivity index (χ0) is 21.3. The Hall–Kier alpha value is -2.80. The second-order valence-corrected chi connectivity index (χ2v) is 7.93. The summed E-state index contributed by atoms with van der Waals surface area (Å²) >= 11 is 1.39. The summed E-state index contributed by atoms with van der Waals surface area (Å²) in [5, 5.41) is 12.3. The van der Waals surface area contributed by atoms with Gasteiger partial charge in [0.15, 0.2) is 11.0 Å². The Labute approximate surface area is 182 Å². The number of hydrogen-bond acceptors (Lipinski definition) is 5. The fourth-order valence-electron chi connectivity index (χ4n) is 2.98. The molecule has 3 rings (SSSR count). The van der Waals surface area contributed by atoms with E-state index in [1.54, 1.807) is 0 Å². The minimum Gasteiger partial charge on any atom is -0.494 e. The van der Waals surface area contributed by atoms with E-state index in [4.69, 9.17) is 4.74 Å². The van der Waals surface area contributed by atoms with Crippen LogP contribution in [0.25, 0.3) is 11.4 Å². The van der Waals surface area contributed by atoms with Crippen molar-refractivity contribution in [2.24, 2.45) is 0 Å². The number of aromatic nitrogens is 3. The van der Waals surface area contributed by atoms with Gasteiger partial charge >= 0.3 is 0 Å². The number of nitrogens with zero attached hydrogens (tertiary/aromatic N) is 3. The molecule has 1 N–H and O–H groups in total. The van der Waals surface area contributed by atoms with Crippen molar-refractivity contribution in [1.29, 1.82) is 0 Å². The number of nitrogens with one attached hydrogen (secondary N) is 1. The van der Waals surface area contributed by atoms with E-state index < -0.39 is 0 Å². The number of ether oxygens (including phenoxy) is 1. The van der Waals surface area contributed by atoms with E-state index in [2.05, 4.69) is 22.4 Å². The summed E-state index contributed by atoms with van der Waals surface area (Å²) in [7, 11) is 0. The third-order valence-corrected chi connectivity index (χ3v) is 5.51. The molecule has 30 heavy (non-hydrogen) atoms. The lowest BCUT2D eigenvalue weighted by Gasteiger charge is -2.09. The molecule has 0 radical (unpaired) electrons. The van der Waals surface area contributed by atoms with Gasteiger partial charge in [0.05, 0.1) is 12.4 Å². The molecule has 3 aromatic rings. The highest BCUT2D eigenvalue weighted by molar-refractivity contribution is 7.99. The van der Waals surface area contributed by atoms with Crippen LogP contribution in [0.1, 0.15) is 32.3 Å². The summed E-state index contributed by atoms with van der Waals surface area (Å²) in [6.07, 6.45) is 2.16. The first kappa shape index (κ1) is 21.9. The Morgan fingerprint density at radius 3 is 2.63 bits per heavy atom. The maximum absolute atomic E-state index is 12.3. The lowest BCUT2D eigenvalue weighted by atomic mass is 10.2. The van der Waals surface area contributed by atoms with Gasteiger partial charge in [-0.1, -0.05) is 37.2 Å². The van der Waals surface area contributed by atoms with Gasteiger partial charge in [0.25, 0.3) is 0 Å². The SMILES string of the molecule is CCCCOc1ccc(-c2nnc(SCC(=O)Nc3cccc(C)c3)n2CC)cc1. The van der Waals surface area contributed by atoms with E-state index in [1.165, 1.54) is 11.8 Å². The normalized spacial score (nSPS) is 10.8. The summed E-state index contributed by atoms with van der Waals surface area (Å²) in [5.41, 5.74) is 2.89.